The molecule has 1 aromatic rings. The average Bonchev–Trinajstić information content (AvgIpc) is 3.02. The van der Waals surface area contributed by atoms with Crippen LogP contribution in [0.2, 0.25) is 0 Å². The van der Waals surface area contributed by atoms with E-state index in [1.54, 1.807) is 11.8 Å². The molecule has 1 saturated heterocycles. The van der Waals surface area contributed by atoms with Gasteiger partial charge in [-0.3, -0.25) is 0 Å². The number of carbonyl (C=O) groups excluding carboxylic acids is 1. The summed E-state index contributed by atoms with van der Waals surface area (Å²) in [5, 5.41) is 12.4. The van der Waals surface area contributed by atoms with Crippen LogP contribution in [0.5, 0.6) is 5.75 Å². The van der Waals surface area contributed by atoms with Gasteiger partial charge in [-0.2, -0.15) is 0 Å². The van der Waals surface area contributed by atoms with E-state index in [2.05, 4.69) is 31.3 Å². The molecule has 1 heterocycles. The van der Waals surface area contributed by atoms with Crippen LogP contribution in [0.15, 0.2) is 24.3 Å². The molecule has 0 spiro atoms. The summed E-state index contributed by atoms with van der Waals surface area (Å²) < 4.78 is 5.64. The zero-order valence-electron chi connectivity index (χ0n) is 14.3. The monoisotopic (exact) mass is 320 g/mol. The van der Waals surface area contributed by atoms with Gasteiger partial charge < -0.3 is 20.1 Å². The number of benzene rings is 1. The van der Waals surface area contributed by atoms with E-state index in [9.17, 15) is 9.90 Å². The fraction of sp³-hybridized carbons (Fsp3) is 0.611. The maximum Gasteiger partial charge on any atom is 0.317 e. The standard InChI is InChI=1S/C18H28N2O3/c1-13(2)15-4-6-17(7-5-15)23-11-9-19-18(22)20-10-8-16(12-20)14(3)21/h4-7,13-14,16,21H,8-12H2,1-3H3,(H,19,22)/t14-,16+/m1/s1. The number of nitrogens with one attached hydrogen (secondary N) is 1. The number of rotatable bonds is 6. The van der Waals surface area contributed by atoms with E-state index in [4.69, 9.17) is 4.74 Å². The third-order valence-electron chi connectivity index (χ3n) is 4.39. The minimum atomic E-state index is -0.357. The highest BCUT2D eigenvalue weighted by Crippen LogP contribution is 2.20. The molecule has 2 rings (SSSR count). The van der Waals surface area contributed by atoms with E-state index in [-0.39, 0.29) is 18.1 Å². The number of urea groups is 1. The molecule has 23 heavy (non-hydrogen) atoms. The van der Waals surface area contributed by atoms with Crippen LogP contribution in [-0.4, -0.2) is 48.4 Å². The molecular formula is C18H28N2O3. The lowest BCUT2D eigenvalue weighted by Crippen LogP contribution is -2.40. The SMILES string of the molecule is CC(C)c1ccc(OCCNC(=O)N2CC[C@H]([C@@H](C)O)C2)cc1. The zero-order chi connectivity index (χ0) is 16.8. The summed E-state index contributed by atoms with van der Waals surface area (Å²) in [5.41, 5.74) is 1.28. The average molecular weight is 320 g/mol. The Labute approximate surface area is 138 Å². The number of aliphatic hydroxyl groups is 1. The largest absolute Gasteiger partial charge is 0.492 e. The molecule has 2 N–H and O–H groups in total. The number of aliphatic hydroxyl groups excluding tert-OH is 1. The summed E-state index contributed by atoms with van der Waals surface area (Å²) in [5.74, 6) is 1.52. The first-order valence-electron chi connectivity index (χ1n) is 8.41. The molecule has 5 heteroatoms. The minimum absolute atomic E-state index is 0.0769. The lowest BCUT2D eigenvalue weighted by atomic mass is 10.0. The Balaban J connectivity index is 1.66. The normalized spacial score (nSPS) is 19.0. The van der Waals surface area contributed by atoms with Crippen molar-refractivity contribution in [3.05, 3.63) is 29.8 Å². The van der Waals surface area contributed by atoms with E-state index in [1.165, 1.54) is 5.56 Å². The Morgan fingerprint density at radius 1 is 1.35 bits per heavy atom. The summed E-state index contributed by atoms with van der Waals surface area (Å²) in [6, 6.07) is 7.99. The topological polar surface area (TPSA) is 61.8 Å². The fourth-order valence-corrected chi connectivity index (χ4v) is 2.75. The zero-order valence-corrected chi connectivity index (χ0v) is 14.3. The van der Waals surface area contributed by atoms with Crippen LogP contribution < -0.4 is 10.1 Å². The number of carbonyl (C=O) groups is 1. The Morgan fingerprint density at radius 2 is 2.04 bits per heavy atom. The lowest BCUT2D eigenvalue weighted by molar-refractivity contribution is 0.129. The third-order valence-corrected chi connectivity index (χ3v) is 4.39. The second-order valence-corrected chi connectivity index (χ2v) is 6.54. The first-order valence-corrected chi connectivity index (χ1v) is 8.41. The van der Waals surface area contributed by atoms with Crippen LogP contribution in [0.25, 0.3) is 0 Å². The van der Waals surface area contributed by atoms with Gasteiger partial charge in [0.15, 0.2) is 0 Å². The minimum Gasteiger partial charge on any atom is -0.492 e. The second kappa shape index (κ2) is 8.20. The first-order chi connectivity index (χ1) is 11.0. The van der Waals surface area contributed by atoms with Crippen molar-refractivity contribution in [1.29, 1.82) is 0 Å². The number of likely N-dealkylation sites (tertiary alicyclic amines) is 1. The predicted octanol–water partition coefficient (Wildman–Crippen LogP) is 2.60. The van der Waals surface area contributed by atoms with Gasteiger partial charge in [-0.05, 0) is 37.0 Å². The maximum atomic E-state index is 12.0. The van der Waals surface area contributed by atoms with Crippen LogP contribution in [0.1, 0.15) is 38.7 Å². The van der Waals surface area contributed by atoms with Crippen molar-refractivity contribution >= 4 is 6.03 Å². The van der Waals surface area contributed by atoms with E-state index < -0.39 is 0 Å². The summed E-state index contributed by atoms with van der Waals surface area (Å²) in [7, 11) is 0. The Kier molecular flexibility index (Phi) is 6.28. The van der Waals surface area contributed by atoms with Gasteiger partial charge in [0.25, 0.3) is 0 Å². The lowest BCUT2D eigenvalue weighted by Gasteiger charge is -2.18. The van der Waals surface area contributed by atoms with Crippen LogP contribution in [0.4, 0.5) is 4.79 Å². The number of ether oxygens (including phenoxy) is 1. The van der Waals surface area contributed by atoms with Gasteiger partial charge in [-0.1, -0.05) is 26.0 Å². The summed E-state index contributed by atoms with van der Waals surface area (Å²) >= 11 is 0. The van der Waals surface area contributed by atoms with E-state index in [0.717, 1.165) is 12.2 Å². The molecule has 0 saturated carbocycles. The maximum absolute atomic E-state index is 12.0. The molecule has 128 valence electrons. The highest BCUT2D eigenvalue weighted by Gasteiger charge is 2.28. The van der Waals surface area contributed by atoms with Gasteiger partial charge in [0.1, 0.15) is 12.4 Å². The fourth-order valence-electron chi connectivity index (χ4n) is 2.75. The summed E-state index contributed by atoms with van der Waals surface area (Å²) in [6.45, 7) is 8.35. The van der Waals surface area contributed by atoms with E-state index in [1.807, 2.05) is 12.1 Å². The highest BCUT2D eigenvalue weighted by atomic mass is 16.5. The summed E-state index contributed by atoms with van der Waals surface area (Å²) in [6.07, 6.45) is 0.508. The Bertz CT molecular complexity index is 499. The molecule has 0 aromatic heterocycles. The molecule has 1 aliphatic heterocycles. The molecule has 1 aliphatic rings. The number of amides is 2. The Morgan fingerprint density at radius 3 is 2.61 bits per heavy atom. The van der Waals surface area contributed by atoms with Crippen molar-refractivity contribution in [3.8, 4) is 5.75 Å². The van der Waals surface area contributed by atoms with Gasteiger partial charge >= 0.3 is 6.03 Å². The molecule has 2 amide bonds. The molecule has 1 aromatic carbocycles. The van der Waals surface area contributed by atoms with Crippen LogP contribution >= 0.6 is 0 Å². The highest BCUT2D eigenvalue weighted by molar-refractivity contribution is 5.74. The van der Waals surface area contributed by atoms with Gasteiger partial charge in [0.2, 0.25) is 0 Å². The number of hydrogen-bond donors (Lipinski definition) is 2. The quantitative estimate of drug-likeness (QED) is 0.792. The number of nitrogens with zero attached hydrogens (tertiary/aromatic N) is 1. The van der Waals surface area contributed by atoms with Gasteiger partial charge in [-0.15, -0.1) is 0 Å². The van der Waals surface area contributed by atoms with Crippen molar-refractivity contribution in [3.63, 3.8) is 0 Å². The second-order valence-electron chi connectivity index (χ2n) is 6.54. The predicted molar refractivity (Wildman–Crippen MR) is 90.8 cm³/mol. The van der Waals surface area contributed by atoms with E-state index >= 15 is 0 Å². The molecule has 0 bridgehead atoms. The third kappa shape index (κ3) is 5.13. The number of hydrogen-bond acceptors (Lipinski definition) is 3. The molecule has 2 atom stereocenters. The smallest absolute Gasteiger partial charge is 0.317 e. The van der Waals surface area contributed by atoms with Crippen LogP contribution in [0, 0.1) is 5.92 Å². The van der Waals surface area contributed by atoms with Gasteiger partial charge in [0.05, 0.1) is 12.6 Å². The van der Waals surface area contributed by atoms with Crippen LogP contribution in [-0.2, 0) is 0 Å². The first kappa shape index (κ1) is 17.6. The van der Waals surface area contributed by atoms with Gasteiger partial charge in [0, 0.05) is 19.0 Å². The van der Waals surface area contributed by atoms with Crippen molar-refractivity contribution in [2.45, 2.75) is 39.2 Å². The summed E-state index contributed by atoms with van der Waals surface area (Å²) in [4.78, 5) is 13.8. The van der Waals surface area contributed by atoms with E-state index in [0.29, 0.717) is 32.2 Å². The van der Waals surface area contributed by atoms with Gasteiger partial charge in [-0.25, -0.2) is 4.79 Å². The molecule has 0 unspecified atom stereocenters. The van der Waals surface area contributed by atoms with Crippen molar-refractivity contribution < 1.29 is 14.6 Å². The molecule has 0 radical (unpaired) electrons. The Hall–Kier alpha value is -1.75. The molecule has 1 fully saturated rings. The van der Waals surface area contributed by atoms with Crippen molar-refractivity contribution in [2.75, 3.05) is 26.2 Å². The van der Waals surface area contributed by atoms with Crippen LogP contribution in [0.3, 0.4) is 0 Å². The van der Waals surface area contributed by atoms with Crippen molar-refractivity contribution in [2.24, 2.45) is 5.92 Å². The molecule has 5 nitrogen and oxygen atoms in total. The molecular weight excluding hydrogens is 292 g/mol. The van der Waals surface area contributed by atoms with Crippen molar-refractivity contribution in [1.82, 2.24) is 10.2 Å². The molecule has 0 aliphatic carbocycles.